The molecule has 0 radical (unpaired) electrons. The number of hydrogen-bond donors (Lipinski definition) is 0. The summed E-state index contributed by atoms with van der Waals surface area (Å²) in [6.07, 6.45) is 2.53. The molecule has 0 fully saturated rings. The van der Waals surface area contributed by atoms with E-state index in [9.17, 15) is 4.79 Å². The van der Waals surface area contributed by atoms with Crippen LogP contribution < -0.4 is 0 Å². The van der Waals surface area contributed by atoms with Gasteiger partial charge in [-0.2, -0.15) is 0 Å². The average molecular weight is 292 g/mol. The lowest BCUT2D eigenvalue weighted by molar-refractivity contribution is 0.0526. The summed E-state index contributed by atoms with van der Waals surface area (Å²) >= 11 is 6.35. The number of fused-ring (bicyclic) bond motifs is 1. The van der Waals surface area contributed by atoms with Crippen LogP contribution in [-0.2, 0) is 4.74 Å². The Balaban J connectivity index is 2.55. The van der Waals surface area contributed by atoms with Crippen molar-refractivity contribution in [2.45, 2.75) is 33.1 Å². The Bertz CT molecular complexity index is 640. The molecule has 0 saturated heterocycles. The van der Waals surface area contributed by atoms with Crippen LogP contribution in [0.4, 0.5) is 0 Å². The molecular formula is C16H18ClNO2. The van der Waals surface area contributed by atoms with Crippen molar-refractivity contribution in [1.82, 2.24) is 4.98 Å². The van der Waals surface area contributed by atoms with Gasteiger partial charge in [0, 0.05) is 11.6 Å². The van der Waals surface area contributed by atoms with Crippen molar-refractivity contribution in [3.8, 4) is 0 Å². The first-order chi connectivity index (χ1) is 9.58. The molecular weight excluding hydrogens is 274 g/mol. The van der Waals surface area contributed by atoms with Crippen molar-refractivity contribution >= 4 is 28.5 Å². The molecule has 0 bridgehead atoms. The van der Waals surface area contributed by atoms with Crippen LogP contribution in [0.5, 0.6) is 0 Å². The van der Waals surface area contributed by atoms with E-state index in [0.29, 0.717) is 23.1 Å². The van der Waals surface area contributed by atoms with E-state index in [-0.39, 0.29) is 0 Å². The minimum absolute atomic E-state index is 0.320. The quantitative estimate of drug-likeness (QED) is 0.774. The van der Waals surface area contributed by atoms with Gasteiger partial charge in [-0.1, -0.05) is 31.5 Å². The van der Waals surface area contributed by atoms with Gasteiger partial charge in [-0.05, 0) is 37.0 Å². The molecule has 0 spiro atoms. The minimum Gasteiger partial charge on any atom is -0.462 e. The van der Waals surface area contributed by atoms with Crippen LogP contribution in [0.3, 0.4) is 0 Å². The number of aromatic nitrogens is 1. The molecule has 0 aliphatic rings. The van der Waals surface area contributed by atoms with Crippen molar-refractivity contribution < 1.29 is 9.53 Å². The molecule has 0 amide bonds. The van der Waals surface area contributed by atoms with E-state index in [4.69, 9.17) is 16.3 Å². The Kier molecular flexibility index (Phi) is 4.61. The van der Waals surface area contributed by atoms with E-state index in [1.54, 1.807) is 6.92 Å². The van der Waals surface area contributed by atoms with Gasteiger partial charge in [0.2, 0.25) is 0 Å². The maximum Gasteiger partial charge on any atom is 0.341 e. The highest BCUT2D eigenvalue weighted by molar-refractivity contribution is 6.38. The molecule has 1 atom stereocenters. The maximum atomic E-state index is 11.8. The van der Waals surface area contributed by atoms with E-state index < -0.39 is 5.97 Å². The van der Waals surface area contributed by atoms with Gasteiger partial charge in [0.1, 0.15) is 0 Å². The summed E-state index contributed by atoms with van der Waals surface area (Å²) in [5.41, 5.74) is 2.31. The lowest BCUT2D eigenvalue weighted by Crippen LogP contribution is -2.06. The smallest absolute Gasteiger partial charge is 0.341 e. The molecule has 4 heteroatoms. The van der Waals surface area contributed by atoms with E-state index in [1.807, 2.05) is 12.1 Å². The Hall–Kier alpha value is -1.61. The van der Waals surface area contributed by atoms with Crippen LogP contribution >= 0.6 is 11.6 Å². The van der Waals surface area contributed by atoms with Crippen molar-refractivity contribution in [2.24, 2.45) is 0 Å². The number of esters is 1. The van der Waals surface area contributed by atoms with Gasteiger partial charge < -0.3 is 4.74 Å². The monoisotopic (exact) mass is 291 g/mol. The zero-order valence-corrected chi connectivity index (χ0v) is 12.7. The SMILES string of the molecule is CCOC(=O)c1cnc2ccc(C(C)CC)cc2c1Cl. The van der Waals surface area contributed by atoms with Gasteiger partial charge in [0.15, 0.2) is 0 Å². The Labute approximate surface area is 123 Å². The molecule has 0 N–H and O–H groups in total. The molecule has 1 heterocycles. The zero-order valence-electron chi connectivity index (χ0n) is 11.9. The van der Waals surface area contributed by atoms with Crippen LogP contribution in [0.2, 0.25) is 5.02 Å². The Morgan fingerprint density at radius 2 is 2.15 bits per heavy atom. The van der Waals surface area contributed by atoms with Gasteiger partial charge >= 0.3 is 5.97 Å². The predicted molar refractivity (Wildman–Crippen MR) is 81.4 cm³/mol. The van der Waals surface area contributed by atoms with Gasteiger partial charge in [0.25, 0.3) is 0 Å². The largest absolute Gasteiger partial charge is 0.462 e. The summed E-state index contributed by atoms with van der Waals surface area (Å²) in [5, 5.41) is 1.22. The average Bonchev–Trinajstić information content (AvgIpc) is 2.46. The number of carbonyl (C=O) groups is 1. The zero-order chi connectivity index (χ0) is 14.7. The predicted octanol–water partition coefficient (Wildman–Crippen LogP) is 4.58. The molecule has 2 rings (SSSR count). The summed E-state index contributed by atoms with van der Waals surface area (Å²) in [4.78, 5) is 16.1. The molecule has 1 aromatic carbocycles. The first-order valence-corrected chi connectivity index (χ1v) is 7.21. The van der Waals surface area contributed by atoms with Crippen LogP contribution in [0.25, 0.3) is 10.9 Å². The summed E-state index contributed by atoms with van der Waals surface area (Å²) in [5.74, 6) is 0.0163. The van der Waals surface area contributed by atoms with Gasteiger partial charge in [-0.3, -0.25) is 4.98 Å². The second-order valence-corrected chi connectivity index (χ2v) is 5.17. The van der Waals surface area contributed by atoms with Crippen LogP contribution in [0.15, 0.2) is 24.4 Å². The molecule has 0 aliphatic heterocycles. The number of nitrogens with zero attached hydrogens (tertiary/aromatic N) is 1. The van der Waals surface area contributed by atoms with Gasteiger partial charge in [0.05, 0.1) is 22.7 Å². The number of rotatable bonds is 4. The number of benzene rings is 1. The molecule has 1 unspecified atom stereocenters. The second kappa shape index (κ2) is 6.23. The van der Waals surface area contributed by atoms with Crippen LogP contribution in [0.1, 0.15) is 49.0 Å². The van der Waals surface area contributed by atoms with Crippen LogP contribution in [-0.4, -0.2) is 17.6 Å². The molecule has 20 heavy (non-hydrogen) atoms. The molecule has 0 saturated carbocycles. The van der Waals surface area contributed by atoms with E-state index in [2.05, 4.69) is 24.9 Å². The normalized spacial score (nSPS) is 12.4. The Morgan fingerprint density at radius 1 is 1.40 bits per heavy atom. The molecule has 3 nitrogen and oxygen atoms in total. The van der Waals surface area contributed by atoms with Crippen LogP contribution in [0, 0.1) is 0 Å². The molecule has 1 aromatic heterocycles. The molecule has 2 aromatic rings. The van der Waals surface area contributed by atoms with Crippen molar-refractivity contribution in [3.05, 3.63) is 40.5 Å². The summed E-state index contributed by atoms with van der Waals surface area (Å²) in [6.45, 7) is 6.39. The Morgan fingerprint density at radius 3 is 2.80 bits per heavy atom. The topological polar surface area (TPSA) is 39.2 Å². The van der Waals surface area contributed by atoms with Crippen molar-refractivity contribution in [3.63, 3.8) is 0 Å². The first-order valence-electron chi connectivity index (χ1n) is 6.83. The maximum absolute atomic E-state index is 11.8. The van der Waals surface area contributed by atoms with Crippen molar-refractivity contribution in [2.75, 3.05) is 6.61 Å². The number of ether oxygens (including phenoxy) is 1. The van der Waals surface area contributed by atoms with Crippen molar-refractivity contribution in [1.29, 1.82) is 0 Å². The number of halogens is 1. The first kappa shape index (κ1) is 14.8. The lowest BCUT2D eigenvalue weighted by Gasteiger charge is -2.11. The fourth-order valence-corrected chi connectivity index (χ4v) is 2.35. The standard InChI is InChI=1S/C16H18ClNO2/c1-4-10(3)11-6-7-14-12(8-11)15(17)13(9-18-14)16(19)20-5-2/h6-10H,4-5H2,1-3H3. The van der Waals surface area contributed by atoms with Gasteiger partial charge in [-0.15, -0.1) is 0 Å². The summed E-state index contributed by atoms with van der Waals surface area (Å²) in [7, 11) is 0. The summed E-state index contributed by atoms with van der Waals surface area (Å²) in [6, 6.07) is 6.02. The highest BCUT2D eigenvalue weighted by Gasteiger charge is 2.16. The summed E-state index contributed by atoms with van der Waals surface area (Å²) < 4.78 is 4.99. The van der Waals surface area contributed by atoms with Gasteiger partial charge in [-0.25, -0.2) is 4.79 Å². The molecule has 0 aliphatic carbocycles. The molecule has 106 valence electrons. The van der Waals surface area contributed by atoms with E-state index in [0.717, 1.165) is 17.3 Å². The number of carbonyl (C=O) groups excluding carboxylic acids is 1. The van der Waals surface area contributed by atoms with E-state index >= 15 is 0 Å². The lowest BCUT2D eigenvalue weighted by atomic mass is 9.97. The fraction of sp³-hybridized carbons (Fsp3) is 0.375. The second-order valence-electron chi connectivity index (χ2n) is 4.79. The fourth-order valence-electron chi connectivity index (χ4n) is 2.07. The van der Waals surface area contributed by atoms with E-state index in [1.165, 1.54) is 11.8 Å². The minimum atomic E-state index is -0.430. The third kappa shape index (κ3) is 2.78. The number of hydrogen-bond acceptors (Lipinski definition) is 3. The highest BCUT2D eigenvalue weighted by atomic mass is 35.5. The third-order valence-corrected chi connectivity index (χ3v) is 3.91. The highest BCUT2D eigenvalue weighted by Crippen LogP contribution is 2.30. The third-order valence-electron chi connectivity index (χ3n) is 3.50. The number of pyridine rings is 1.